The minimum Gasteiger partial charge on any atom is -0.411 e. The number of oxime groups is 1. The lowest BCUT2D eigenvalue weighted by atomic mass is 10.1. The van der Waals surface area contributed by atoms with Gasteiger partial charge in [-0.15, -0.1) is 0 Å². The first-order valence-corrected chi connectivity index (χ1v) is 4.34. The van der Waals surface area contributed by atoms with Gasteiger partial charge in [-0.2, -0.15) is 13.2 Å². The van der Waals surface area contributed by atoms with E-state index in [2.05, 4.69) is 5.16 Å². The van der Waals surface area contributed by atoms with Crippen molar-refractivity contribution in [1.82, 2.24) is 0 Å². The van der Waals surface area contributed by atoms with Crippen molar-refractivity contribution in [2.24, 2.45) is 5.16 Å². The van der Waals surface area contributed by atoms with Gasteiger partial charge in [0.25, 0.3) is 0 Å². The molecule has 0 atom stereocenters. The van der Waals surface area contributed by atoms with Gasteiger partial charge in [0.15, 0.2) is 5.71 Å². The molecule has 0 saturated carbocycles. The van der Waals surface area contributed by atoms with Crippen LogP contribution in [0.5, 0.6) is 0 Å². The van der Waals surface area contributed by atoms with E-state index in [0.29, 0.717) is 10.6 Å². The van der Waals surface area contributed by atoms with Crippen LogP contribution in [0.2, 0.25) is 5.02 Å². The average Bonchev–Trinajstić information content (AvgIpc) is 2.15. The second-order valence-corrected chi connectivity index (χ2v) is 3.28. The van der Waals surface area contributed by atoms with Crippen molar-refractivity contribution in [3.8, 4) is 0 Å². The van der Waals surface area contributed by atoms with Gasteiger partial charge in [0, 0.05) is 11.4 Å². The minimum atomic E-state index is -4.62. The molecule has 1 aromatic carbocycles. The maximum absolute atomic E-state index is 12.2. The second-order valence-electron chi connectivity index (χ2n) is 2.85. The Kier molecular flexibility index (Phi) is 3.57. The van der Waals surface area contributed by atoms with Gasteiger partial charge < -0.3 is 5.21 Å². The van der Waals surface area contributed by atoms with Crippen LogP contribution in [-0.2, 0) is 6.42 Å². The van der Waals surface area contributed by atoms with Crippen molar-refractivity contribution in [3.63, 3.8) is 0 Å². The smallest absolute Gasteiger partial charge is 0.411 e. The Bertz CT molecular complexity index is 359. The Morgan fingerprint density at radius 1 is 1.27 bits per heavy atom. The molecule has 0 bridgehead atoms. The van der Waals surface area contributed by atoms with Crippen molar-refractivity contribution in [1.29, 1.82) is 0 Å². The fourth-order valence-electron chi connectivity index (χ4n) is 0.988. The molecular formula is C9H7ClF3NO. The van der Waals surface area contributed by atoms with Crippen LogP contribution in [0.25, 0.3) is 0 Å². The van der Waals surface area contributed by atoms with Crippen molar-refractivity contribution in [2.75, 3.05) is 0 Å². The highest BCUT2D eigenvalue weighted by Gasteiger charge is 2.36. The maximum atomic E-state index is 12.2. The first-order valence-electron chi connectivity index (χ1n) is 3.96. The molecule has 0 spiro atoms. The van der Waals surface area contributed by atoms with Crippen LogP contribution < -0.4 is 0 Å². The van der Waals surface area contributed by atoms with Crippen LogP contribution in [0.15, 0.2) is 29.4 Å². The zero-order valence-corrected chi connectivity index (χ0v) is 8.18. The summed E-state index contributed by atoms with van der Waals surface area (Å²) in [5.41, 5.74) is -0.852. The molecule has 0 aromatic heterocycles. The van der Waals surface area contributed by atoms with Gasteiger partial charge in [0.05, 0.1) is 0 Å². The summed E-state index contributed by atoms with van der Waals surface area (Å²) in [6.07, 6.45) is -5.09. The number of rotatable bonds is 2. The maximum Gasteiger partial charge on any atom is 0.433 e. The molecule has 82 valence electrons. The monoisotopic (exact) mass is 237 g/mol. The molecule has 0 saturated heterocycles. The van der Waals surface area contributed by atoms with Crippen LogP contribution in [0.4, 0.5) is 13.2 Å². The Labute approximate surface area is 89.0 Å². The first kappa shape index (κ1) is 11.8. The number of hydrogen-bond acceptors (Lipinski definition) is 2. The third-order valence-electron chi connectivity index (χ3n) is 1.73. The third-order valence-corrected chi connectivity index (χ3v) is 1.98. The number of nitrogens with zero attached hydrogens (tertiary/aromatic N) is 1. The van der Waals surface area contributed by atoms with Crippen molar-refractivity contribution < 1.29 is 18.4 Å². The summed E-state index contributed by atoms with van der Waals surface area (Å²) in [4.78, 5) is 0. The van der Waals surface area contributed by atoms with Crippen molar-refractivity contribution in [2.45, 2.75) is 12.6 Å². The lowest BCUT2D eigenvalue weighted by Crippen LogP contribution is -2.25. The molecule has 2 nitrogen and oxygen atoms in total. The summed E-state index contributed by atoms with van der Waals surface area (Å²) >= 11 is 5.57. The summed E-state index contributed by atoms with van der Waals surface area (Å²) in [5.74, 6) is 0. The summed E-state index contributed by atoms with van der Waals surface area (Å²) in [6, 6.07) is 5.84. The number of benzene rings is 1. The normalized spacial score (nSPS) is 12.9. The van der Waals surface area contributed by atoms with E-state index in [1.807, 2.05) is 0 Å². The van der Waals surface area contributed by atoms with E-state index >= 15 is 0 Å². The van der Waals surface area contributed by atoms with Gasteiger partial charge in [-0.3, -0.25) is 0 Å². The van der Waals surface area contributed by atoms with Gasteiger partial charge in [-0.25, -0.2) is 0 Å². The zero-order chi connectivity index (χ0) is 11.5. The summed E-state index contributed by atoms with van der Waals surface area (Å²) in [5, 5.41) is 10.9. The van der Waals surface area contributed by atoms with Gasteiger partial charge in [0.2, 0.25) is 0 Å². The van der Waals surface area contributed by atoms with E-state index in [9.17, 15) is 13.2 Å². The Balaban J connectivity index is 2.81. The SMILES string of the molecule is O/N=C(/Cc1ccc(Cl)cc1)C(F)(F)F. The predicted molar refractivity (Wildman–Crippen MR) is 50.4 cm³/mol. The number of alkyl halides is 3. The van der Waals surface area contributed by atoms with Crippen LogP contribution in [-0.4, -0.2) is 17.1 Å². The zero-order valence-electron chi connectivity index (χ0n) is 7.42. The topological polar surface area (TPSA) is 32.6 Å². The molecule has 0 fully saturated rings. The van der Waals surface area contributed by atoms with Crippen LogP contribution in [0.3, 0.4) is 0 Å². The van der Waals surface area contributed by atoms with Gasteiger partial charge in [-0.1, -0.05) is 28.9 Å². The van der Waals surface area contributed by atoms with Crippen LogP contribution >= 0.6 is 11.6 Å². The lowest BCUT2D eigenvalue weighted by molar-refractivity contribution is -0.0622. The molecule has 0 heterocycles. The first-order chi connectivity index (χ1) is 6.93. The van der Waals surface area contributed by atoms with Crippen molar-refractivity contribution in [3.05, 3.63) is 34.9 Å². The van der Waals surface area contributed by atoms with Gasteiger partial charge >= 0.3 is 6.18 Å². The van der Waals surface area contributed by atoms with E-state index in [0.717, 1.165) is 0 Å². The highest BCUT2D eigenvalue weighted by molar-refractivity contribution is 6.30. The highest BCUT2D eigenvalue weighted by atomic mass is 35.5. The van der Waals surface area contributed by atoms with E-state index in [1.165, 1.54) is 24.3 Å². The van der Waals surface area contributed by atoms with E-state index in [1.54, 1.807) is 0 Å². The molecule has 6 heteroatoms. The number of halogens is 4. The molecular weight excluding hydrogens is 231 g/mol. The standard InChI is InChI=1S/C9H7ClF3NO/c10-7-3-1-6(2-4-7)5-8(14-15)9(11,12)13/h1-4,15H,5H2/b14-8-. The molecule has 1 N–H and O–H groups in total. The molecule has 0 amide bonds. The molecule has 0 aliphatic heterocycles. The fourth-order valence-corrected chi connectivity index (χ4v) is 1.11. The molecule has 0 radical (unpaired) electrons. The Hall–Kier alpha value is -1.23. The molecule has 1 rings (SSSR count). The van der Waals surface area contributed by atoms with E-state index in [4.69, 9.17) is 16.8 Å². The van der Waals surface area contributed by atoms with E-state index in [-0.39, 0.29) is 0 Å². The molecule has 15 heavy (non-hydrogen) atoms. The molecule has 0 aliphatic rings. The molecule has 1 aromatic rings. The third kappa shape index (κ3) is 3.43. The summed E-state index contributed by atoms with van der Waals surface area (Å²) in [6.45, 7) is 0. The van der Waals surface area contributed by atoms with E-state index < -0.39 is 18.3 Å². The predicted octanol–water partition coefficient (Wildman–Crippen LogP) is 3.28. The Morgan fingerprint density at radius 3 is 2.20 bits per heavy atom. The summed E-state index contributed by atoms with van der Waals surface area (Å²) < 4.78 is 36.5. The van der Waals surface area contributed by atoms with Crippen molar-refractivity contribution >= 4 is 17.3 Å². The van der Waals surface area contributed by atoms with Crippen LogP contribution in [0.1, 0.15) is 5.56 Å². The Morgan fingerprint density at radius 2 is 1.80 bits per heavy atom. The minimum absolute atomic E-state index is 0.379. The quantitative estimate of drug-likeness (QED) is 0.478. The second kappa shape index (κ2) is 4.53. The number of hydrogen-bond donors (Lipinski definition) is 1. The largest absolute Gasteiger partial charge is 0.433 e. The average molecular weight is 238 g/mol. The summed E-state index contributed by atoms with van der Waals surface area (Å²) in [7, 11) is 0. The van der Waals surface area contributed by atoms with Gasteiger partial charge in [-0.05, 0) is 17.7 Å². The fraction of sp³-hybridized carbons (Fsp3) is 0.222. The molecule has 0 unspecified atom stereocenters. The highest BCUT2D eigenvalue weighted by Crippen LogP contribution is 2.20. The lowest BCUT2D eigenvalue weighted by Gasteiger charge is -2.08. The van der Waals surface area contributed by atoms with Gasteiger partial charge in [0.1, 0.15) is 0 Å². The molecule has 0 aliphatic carbocycles. The van der Waals surface area contributed by atoms with Crippen LogP contribution in [0, 0.1) is 0 Å².